The van der Waals surface area contributed by atoms with Crippen LogP contribution in [0.1, 0.15) is 11.1 Å². The van der Waals surface area contributed by atoms with Crippen molar-refractivity contribution >= 4 is 5.69 Å². The fourth-order valence-corrected chi connectivity index (χ4v) is 2.67. The van der Waals surface area contributed by atoms with Gasteiger partial charge in [-0.2, -0.15) is 8.78 Å². The molecule has 0 unspecified atom stereocenters. The third-order valence-corrected chi connectivity index (χ3v) is 3.51. The Morgan fingerprint density at radius 3 is 2.20 bits per heavy atom. The third-order valence-electron chi connectivity index (χ3n) is 3.51. The van der Waals surface area contributed by atoms with Crippen LogP contribution in [0, 0.1) is 0 Å². The molecule has 1 aliphatic rings. The molecule has 0 bridgehead atoms. The molecule has 0 atom stereocenters. The third kappa shape index (κ3) is 2.74. The number of anilines is 1. The van der Waals surface area contributed by atoms with E-state index < -0.39 is 6.61 Å². The lowest BCUT2D eigenvalue weighted by Crippen LogP contribution is -2.20. The number of nitrogens with one attached hydrogen (secondary N) is 1. The minimum Gasteiger partial charge on any atom is -0.433 e. The fraction of sp³-hybridized carbons (Fsp3) is 0.250. The lowest BCUT2D eigenvalue weighted by atomic mass is 10.1. The Balaban J connectivity index is 1.74. The summed E-state index contributed by atoms with van der Waals surface area (Å²) in [7, 11) is 0. The molecule has 0 amide bonds. The molecule has 1 aliphatic carbocycles. The van der Waals surface area contributed by atoms with E-state index in [0.717, 1.165) is 12.8 Å². The summed E-state index contributed by atoms with van der Waals surface area (Å²) in [6.07, 6.45) is 1.80. The highest BCUT2D eigenvalue weighted by Gasteiger charge is 2.21. The first-order chi connectivity index (χ1) is 9.72. The first-order valence-electron chi connectivity index (χ1n) is 6.59. The van der Waals surface area contributed by atoms with Crippen molar-refractivity contribution in [3.8, 4) is 5.75 Å². The van der Waals surface area contributed by atoms with Crippen molar-refractivity contribution in [2.75, 3.05) is 5.32 Å². The molecule has 0 saturated carbocycles. The summed E-state index contributed by atoms with van der Waals surface area (Å²) in [5.41, 5.74) is 3.25. The molecule has 0 spiro atoms. The van der Waals surface area contributed by atoms with Crippen LogP contribution in [0.2, 0.25) is 0 Å². The molecule has 0 radical (unpaired) electrons. The molecule has 1 N–H and O–H groups in total. The molecule has 0 aliphatic heterocycles. The summed E-state index contributed by atoms with van der Waals surface area (Å²) in [5, 5.41) is 3.30. The number of fused-ring (bicyclic) bond motifs is 1. The second kappa shape index (κ2) is 5.49. The number of benzene rings is 2. The van der Waals surface area contributed by atoms with Gasteiger partial charge in [0, 0.05) is 6.04 Å². The van der Waals surface area contributed by atoms with Gasteiger partial charge in [-0.25, -0.2) is 0 Å². The van der Waals surface area contributed by atoms with E-state index in [1.165, 1.54) is 11.1 Å². The number of halogens is 2. The summed E-state index contributed by atoms with van der Waals surface area (Å²) in [6.45, 7) is -2.81. The Morgan fingerprint density at radius 1 is 0.950 bits per heavy atom. The predicted octanol–water partition coefficient (Wildman–Crippen LogP) is 3.87. The van der Waals surface area contributed by atoms with Crippen molar-refractivity contribution < 1.29 is 13.5 Å². The van der Waals surface area contributed by atoms with Gasteiger partial charge >= 0.3 is 6.61 Å². The van der Waals surface area contributed by atoms with Gasteiger partial charge in [0.05, 0.1) is 5.69 Å². The van der Waals surface area contributed by atoms with Crippen LogP contribution in [-0.4, -0.2) is 12.7 Å². The molecule has 3 rings (SSSR count). The number of para-hydroxylation sites is 2. The first kappa shape index (κ1) is 12.9. The van der Waals surface area contributed by atoms with Gasteiger partial charge in [-0.05, 0) is 36.1 Å². The summed E-state index contributed by atoms with van der Waals surface area (Å²) in [5.74, 6) is 0.193. The largest absolute Gasteiger partial charge is 0.433 e. The van der Waals surface area contributed by atoms with E-state index in [9.17, 15) is 8.78 Å². The average Bonchev–Trinajstić information content (AvgIpc) is 2.82. The van der Waals surface area contributed by atoms with Crippen LogP contribution >= 0.6 is 0 Å². The van der Waals surface area contributed by atoms with E-state index in [2.05, 4.69) is 22.2 Å². The average molecular weight is 275 g/mol. The SMILES string of the molecule is FC(F)Oc1ccccc1NC1Cc2ccccc2C1. The summed E-state index contributed by atoms with van der Waals surface area (Å²) in [4.78, 5) is 0. The Hall–Kier alpha value is -2.10. The lowest BCUT2D eigenvalue weighted by Gasteiger charge is -2.17. The summed E-state index contributed by atoms with van der Waals surface area (Å²) in [6, 6.07) is 15.3. The van der Waals surface area contributed by atoms with Crippen molar-refractivity contribution in [2.24, 2.45) is 0 Å². The maximum atomic E-state index is 12.4. The highest BCUT2D eigenvalue weighted by atomic mass is 19.3. The van der Waals surface area contributed by atoms with E-state index in [0.29, 0.717) is 5.69 Å². The van der Waals surface area contributed by atoms with Gasteiger partial charge in [0.1, 0.15) is 5.75 Å². The number of hydrogen-bond donors (Lipinski definition) is 1. The monoisotopic (exact) mass is 275 g/mol. The zero-order valence-corrected chi connectivity index (χ0v) is 10.9. The Bertz CT molecular complexity index is 576. The topological polar surface area (TPSA) is 21.3 Å². The molecular formula is C16H15F2NO. The van der Waals surface area contributed by atoms with Crippen molar-refractivity contribution in [2.45, 2.75) is 25.5 Å². The van der Waals surface area contributed by atoms with Gasteiger partial charge in [0.2, 0.25) is 0 Å². The molecule has 20 heavy (non-hydrogen) atoms. The molecule has 4 heteroatoms. The van der Waals surface area contributed by atoms with Crippen LogP contribution in [0.3, 0.4) is 0 Å². The highest BCUT2D eigenvalue weighted by molar-refractivity contribution is 5.57. The maximum absolute atomic E-state index is 12.4. The normalized spacial score (nSPS) is 14.3. The van der Waals surface area contributed by atoms with Crippen LogP contribution in [0.5, 0.6) is 5.75 Å². The second-order valence-electron chi connectivity index (χ2n) is 4.89. The summed E-state index contributed by atoms with van der Waals surface area (Å²) >= 11 is 0. The minimum atomic E-state index is -2.81. The molecule has 0 heterocycles. The number of ether oxygens (including phenoxy) is 1. The van der Waals surface area contributed by atoms with E-state index in [-0.39, 0.29) is 11.8 Å². The van der Waals surface area contributed by atoms with Gasteiger partial charge in [0.25, 0.3) is 0 Å². The quantitative estimate of drug-likeness (QED) is 0.914. The van der Waals surface area contributed by atoms with Gasteiger partial charge in [0.15, 0.2) is 0 Å². The van der Waals surface area contributed by atoms with Gasteiger partial charge in [-0.3, -0.25) is 0 Å². The second-order valence-corrected chi connectivity index (χ2v) is 4.89. The molecule has 2 nitrogen and oxygen atoms in total. The molecule has 2 aromatic carbocycles. The molecule has 0 saturated heterocycles. The maximum Gasteiger partial charge on any atom is 0.387 e. The Morgan fingerprint density at radius 2 is 1.55 bits per heavy atom. The first-order valence-corrected chi connectivity index (χ1v) is 6.59. The van der Waals surface area contributed by atoms with E-state index >= 15 is 0 Å². The lowest BCUT2D eigenvalue weighted by molar-refractivity contribution is -0.0493. The van der Waals surface area contributed by atoms with Crippen molar-refractivity contribution in [3.63, 3.8) is 0 Å². The molecular weight excluding hydrogens is 260 g/mol. The van der Waals surface area contributed by atoms with Crippen LogP contribution in [0.4, 0.5) is 14.5 Å². The van der Waals surface area contributed by atoms with Crippen LogP contribution in [-0.2, 0) is 12.8 Å². The predicted molar refractivity (Wildman–Crippen MR) is 74.3 cm³/mol. The van der Waals surface area contributed by atoms with Crippen molar-refractivity contribution in [1.29, 1.82) is 0 Å². The van der Waals surface area contributed by atoms with Gasteiger partial charge < -0.3 is 10.1 Å². The molecule has 0 aromatic heterocycles. The van der Waals surface area contributed by atoms with E-state index in [1.807, 2.05) is 18.2 Å². The minimum absolute atomic E-state index is 0.193. The van der Waals surface area contributed by atoms with Crippen LogP contribution in [0.15, 0.2) is 48.5 Å². The molecule has 2 aromatic rings. The van der Waals surface area contributed by atoms with E-state index in [4.69, 9.17) is 0 Å². The standard InChI is InChI=1S/C16H15F2NO/c17-16(18)20-15-8-4-3-7-14(15)19-13-9-11-5-1-2-6-12(11)10-13/h1-8,13,16,19H,9-10H2. The smallest absolute Gasteiger partial charge is 0.387 e. The number of alkyl halides is 2. The van der Waals surface area contributed by atoms with E-state index in [1.54, 1.807) is 18.2 Å². The van der Waals surface area contributed by atoms with Crippen molar-refractivity contribution in [3.05, 3.63) is 59.7 Å². The van der Waals surface area contributed by atoms with Gasteiger partial charge in [-0.1, -0.05) is 36.4 Å². The zero-order valence-electron chi connectivity index (χ0n) is 10.9. The molecule has 0 fully saturated rings. The summed E-state index contributed by atoms with van der Waals surface area (Å²) < 4.78 is 29.3. The Labute approximate surface area is 116 Å². The zero-order chi connectivity index (χ0) is 13.9. The number of rotatable bonds is 4. The van der Waals surface area contributed by atoms with Gasteiger partial charge in [-0.15, -0.1) is 0 Å². The van der Waals surface area contributed by atoms with Crippen molar-refractivity contribution in [1.82, 2.24) is 0 Å². The van der Waals surface area contributed by atoms with Crippen LogP contribution in [0.25, 0.3) is 0 Å². The fourth-order valence-electron chi connectivity index (χ4n) is 2.67. The van der Waals surface area contributed by atoms with Crippen LogP contribution < -0.4 is 10.1 Å². The Kier molecular flexibility index (Phi) is 3.54. The number of hydrogen-bond acceptors (Lipinski definition) is 2. The molecule has 104 valence electrons. The highest BCUT2D eigenvalue weighted by Crippen LogP contribution is 2.30.